The van der Waals surface area contributed by atoms with Crippen LogP contribution in [0.5, 0.6) is 11.5 Å². The first-order valence-corrected chi connectivity index (χ1v) is 9.59. The molecule has 1 saturated carbocycles. The van der Waals surface area contributed by atoms with Crippen molar-refractivity contribution in [1.82, 2.24) is 0 Å². The average Bonchev–Trinajstić information content (AvgIpc) is 3.27. The van der Waals surface area contributed by atoms with Gasteiger partial charge in [-0.1, -0.05) is 6.07 Å². The van der Waals surface area contributed by atoms with Crippen molar-refractivity contribution < 1.29 is 19.2 Å². The van der Waals surface area contributed by atoms with Gasteiger partial charge in [0.2, 0.25) is 0 Å². The summed E-state index contributed by atoms with van der Waals surface area (Å²) in [5.41, 5.74) is 3.80. The van der Waals surface area contributed by atoms with Crippen molar-refractivity contribution in [3.05, 3.63) is 29.5 Å². The van der Waals surface area contributed by atoms with Gasteiger partial charge in [-0.25, -0.2) is 0 Å². The van der Waals surface area contributed by atoms with Crippen molar-refractivity contribution in [2.24, 2.45) is 16.8 Å². The molecule has 1 aromatic carbocycles. The fourth-order valence-electron chi connectivity index (χ4n) is 4.54. The molecule has 6 heteroatoms. The van der Waals surface area contributed by atoms with Gasteiger partial charge in [-0.05, 0) is 61.5 Å². The maximum absolute atomic E-state index is 9.67. The zero-order valence-electron chi connectivity index (χ0n) is 15.1. The summed E-state index contributed by atoms with van der Waals surface area (Å²) in [6.07, 6.45) is 10.0. The van der Waals surface area contributed by atoms with Crippen LogP contribution in [0.2, 0.25) is 6.32 Å². The first-order chi connectivity index (χ1) is 12.7. The van der Waals surface area contributed by atoms with Crippen LogP contribution in [0.1, 0.15) is 36.8 Å². The SMILES string of the molecule is COc1ccc(C2=CN=CC([C@@H]3COB(O)C3)C2)c2c1OC1(CC2)CC1. The van der Waals surface area contributed by atoms with E-state index in [4.69, 9.17) is 14.1 Å². The van der Waals surface area contributed by atoms with Gasteiger partial charge in [-0.2, -0.15) is 0 Å². The summed E-state index contributed by atoms with van der Waals surface area (Å²) in [5.74, 6) is 2.40. The zero-order valence-corrected chi connectivity index (χ0v) is 15.1. The molecule has 0 aromatic heterocycles. The summed E-state index contributed by atoms with van der Waals surface area (Å²) in [6.45, 7) is 0.609. The minimum Gasteiger partial charge on any atom is -0.493 e. The third kappa shape index (κ3) is 2.76. The molecule has 1 N–H and O–H groups in total. The Bertz CT molecular complexity index is 786. The van der Waals surface area contributed by atoms with Gasteiger partial charge in [0.05, 0.1) is 7.11 Å². The van der Waals surface area contributed by atoms with E-state index in [0.717, 1.165) is 43.6 Å². The first-order valence-electron chi connectivity index (χ1n) is 9.59. The zero-order chi connectivity index (χ0) is 17.7. The third-order valence-electron chi connectivity index (χ3n) is 6.32. The van der Waals surface area contributed by atoms with Gasteiger partial charge in [0.25, 0.3) is 0 Å². The van der Waals surface area contributed by atoms with E-state index in [2.05, 4.69) is 11.1 Å². The number of ether oxygens (including phenoxy) is 2. The first kappa shape index (κ1) is 16.4. The van der Waals surface area contributed by atoms with E-state index >= 15 is 0 Å². The Morgan fingerprint density at radius 2 is 2.19 bits per heavy atom. The van der Waals surface area contributed by atoms with E-state index < -0.39 is 7.12 Å². The fraction of sp³-hybridized carbons (Fsp3) is 0.550. The molecule has 136 valence electrons. The monoisotopic (exact) mass is 353 g/mol. The van der Waals surface area contributed by atoms with Crippen molar-refractivity contribution in [2.75, 3.05) is 13.7 Å². The Morgan fingerprint density at radius 1 is 1.31 bits per heavy atom. The van der Waals surface area contributed by atoms with Crippen LogP contribution in [-0.4, -0.2) is 37.7 Å². The largest absolute Gasteiger partial charge is 0.493 e. The van der Waals surface area contributed by atoms with Crippen LogP contribution in [0.25, 0.3) is 5.57 Å². The number of fused-ring (bicyclic) bond motifs is 1. The fourth-order valence-corrected chi connectivity index (χ4v) is 4.54. The molecule has 3 heterocycles. The highest BCUT2D eigenvalue weighted by Gasteiger charge is 2.48. The average molecular weight is 353 g/mol. The molecule has 4 aliphatic rings. The number of allylic oxidation sites excluding steroid dienone is 1. The molecule has 1 aliphatic carbocycles. The predicted molar refractivity (Wildman–Crippen MR) is 101 cm³/mol. The summed E-state index contributed by atoms with van der Waals surface area (Å²) in [4.78, 5) is 4.52. The summed E-state index contributed by atoms with van der Waals surface area (Å²) in [7, 11) is 1.08. The standard InChI is InChI=1S/C20H24BNO4/c1-24-18-3-2-16(17-4-5-20(6-7-20)26-19(17)18)14-8-13(10-22-11-14)15-9-21(23)25-12-15/h2-3,10-11,13,15,23H,4-9,12H2,1H3/t13?,15-/m0/s1. The van der Waals surface area contributed by atoms with Gasteiger partial charge >= 0.3 is 7.12 Å². The molecule has 5 rings (SSSR count). The number of methoxy groups -OCH3 is 1. The molecular formula is C20H24BNO4. The van der Waals surface area contributed by atoms with Gasteiger partial charge < -0.3 is 19.2 Å². The number of hydrogen-bond donors (Lipinski definition) is 1. The van der Waals surface area contributed by atoms with E-state index in [0.29, 0.717) is 24.8 Å². The van der Waals surface area contributed by atoms with Crippen molar-refractivity contribution in [3.8, 4) is 11.5 Å². The normalized spacial score (nSPS) is 28.5. The number of benzene rings is 1. The molecule has 0 radical (unpaired) electrons. The second-order valence-electron chi connectivity index (χ2n) is 8.01. The molecule has 0 amide bonds. The van der Waals surface area contributed by atoms with E-state index in [1.54, 1.807) is 7.11 Å². The molecule has 2 atom stereocenters. The number of hydrogen-bond acceptors (Lipinski definition) is 5. The van der Waals surface area contributed by atoms with Crippen LogP contribution < -0.4 is 9.47 Å². The quantitative estimate of drug-likeness (QED) is 0.849. The number of nitrogens with zero attached hydrogens (tertiary/aromatic N) is 1. The van der Waals surface area contributed by atoms with Gasteiger partial charge in [0.1, 0.15) is 5.60 Å². The summed E-state index contributed by atoms with van der Waals surface area (Å²) in [6, 6.07) is 4.17. The van der Waals surface area contributed by atoms with Crippen molar-refractivity contribution in [1.29, 1.82) is 0 Å². The lowest BCUT2D eigenvalue weighted by Crippen LogP contribution is -2.25. The molecule has 5 nitrogen and oxygen atoms in total. The second kappa shape index (κ2) is 6.13. The summed E-state index contributed by atoms with van der Waals surface area (Å²) in [5, 5.41) is 9.67. The molecular weight excluding hydrogens is 329 g/mol. The maximum atomic E-state index is 9.67. The van der Waals surface area contributed by atoms with Crippen molar-refractivity contribution in [3.63, 3.8) is 0 Å². The molecule has 1 aromatic rings. The minimum atomic E-state index is -0.625. The van der Waals surface area contributed by atoms with Gasteiger partial charge in [0.15, 0.2) is 11.5 Å². The van der Waals surface area contributed by atoms with Crippen LogP contribution >= 0.6 is 0 Å². The molecule has 26 heavy (non-hydrogen) atoms. The highest BCUT2D eigenvalue weighted by atomic mass is 16.5. The van der Waals surface area contributed by atoms with E-state index in [1.807, 2.05) is 18.5 Å². The topological polar surface area (TPSA) is 60.3 Å². The lowest BCUT2D eigenvalue weighted by atomic mass is 9.74. The number of rotatable bonds is 3. The Balaban J connectivity index is 1.45. The minimum absolute atomic E-state index is 0.0673. The third-order valence-corrected chi connectivity index (χ3v) is 6.32. The lowest BCUT2D eigenvalue weighted by molar-refractivity contribution is 0.144. The Morgan fingerprint density at radius 3 is 2.92 bits per heavy atom. The summed E-state index contributed by atoms with van der Waals surface area (Å²) >= 11 is 0. The molecule has 1 spiro atoms. The number of aliphatic imine (C=N–C) groups is 1. The van der Waals surface area contributed by atoms with Gasteiger partial charge in [0, 0.05) is 30.5 Å². The maximum Gasteiger partial charge on any atom is 0.454 e. The second-order valence-corrected chi connectivity index (χ2v) is 8.01. The molecule has 3 aliphatic heterocycles. The molecule has 1 saturated heterocycles. The van der Waals surface area contributed by atoms with Crippen LogP contribution in [0, 0.1) is 11.8 Å². The van der Waals surface area contributed by atoms with Gasteiger partial charge in [-0.3, -0.25) is 4.99 Å². The molecule has 1 unspecified atom stereocenters. The van der Waals surface area contributed by atoms with Crippen LogP contribution in [-0.2, 0) is 11.1 Å². The van der Waals surface area contributed by atoms with Crippen LogP contribution in [0.3, 0.4) is 0 Å². The smallest absolute Gasteiger partial charge is 0.454 e. The Kier molecular flexibility index (Phi) is 3.87. The van der Waals surface area contributed by atoms with Crippen LogP contribution in [0.15, 0.2) is 23.3 Å². The highest BCUT2D eigenvalue weighted by molar-refractivity contribution is 6.43. The van der Waals surface area contributed by atoms with E-state index in [1.165, 1.54) is 16.7 Å². The highest BCUT2D eigenvalue weighted by Crippen LogP contribution is 2.52. The Labute approximate surface area is 154 Å². The van der Waals surface area contributed by atoms with Gasteiger partial charge in [-0.15, -0.1) is 0 Å². The summed E-state index contributed by atoms with van der Waals surface area (Å²) < 4.78 is 17.3. The van der Waals surface area contributed by atoms with E-state index in [9.17, 15) is 5.02 Å². The predicted octanol–water partition coefficient (Wildman–Crippen LogP) is 3.11. The van der Waals surface area contributed by atoms with Crippen molar-refractivity contribution in [2.45, 2.75) is 44.0 Å². The molecule has 0 bridgehead atoms. The molecule has 2 fully saturated rings. The lowest BCUT2D eigenvalue weighted by Gasteiger charge is -2.30. The van der Waals surface area contributed by atoms with Crippen LogP contribution in [0.4, 0.5) is 0 Å². The van der Waals surface area contributed by atoms with E-state index in [-0.39, 0.29) is 5.60 Å². The van der Waals surface area contributed by atoms with Crippen molar-refractivity contribution >= 4 is 18.9 Å². The Hall–Kier alpha value is -1.79.